The van der Waals surface area contributed by atoms with Crippen molar-refractivity contribution in [3.63, 3.8) is 0 Å². The fourth-order valence-electron chi connectivity index (χ4n) is 2.55. The fourth-order valence-corrected chi connectivity index (χ4v) is 3.90. The van der Waals surface area contributed by atoms with E-state index >= 15 is 0 Å². The van der Waals surface area contributed by atoms with Crippen molar-refractivity contribution in [3.05, 3.63) is 65.7 Å². The van der Waals surface area contributed by atoms with Gasteiger partial charge < -0.3 is 11.1 Å². The largest absolute Gasteiger partial charge is 0.416 e. The number of halogens is 3. The number of rotatable bonds is 8. The first kappa shape index (κ1) is 22.4. The molecule has 3 N–H and O–H groups in total. The van der Waals surface area contributed by atoms with Crippen LogP contribution in [0.15, 0.2) is 59.5 Å². The summed E-state index contributed by atoms with van der Waals surface area (Å²) in [6, 6.07) is 10.4. The Bertz CT molecular complexity index is 959. The van der Waals surface area contributed by atoms with Crippen molar-refractivity contribution in [1.29, 1.82) is 0 Å². The minimum atomic E-state index is -4.48. The molecule has 0 bridgehead atoms. The monoisotopic (exact) mass is 428 g/mol. The van der Waals surface area contributed by atoms with Crippen molar-refractivity contribution in [2.45, 2.75) is 30.0 Å². The number of sulfone groups is 1. The van der Waals surface area contributed by atoms with Crippen LogP contribution in [0.5, 0.6) is 0 Å². The van der Waals surface area contributed by atoms with E-state index in [0.717, 1.165) is 24.3 Å². The molecule has 2 aromatic rings. The first-order valence-corrected chi connectivity index (χ1v) is 10.2. The lowest BCUT2D eigenvalue weighted by Crippen LogP contribution is -2.45. The molecule has 0 saturated heterocycles. The number of alkyl halides is 3. The van der Waals surface area contributed by atoms with E-state index in [0.29, 0.717) is 5.56 Å². The molecule has 1 atom stereocenters. The second-order valence-corrected chi connectivity index (χ2v) is 8.42. The second-order valence-electron chi connectivity index (χ2n) is 6.31. The van der Waals surface area contributed by atoms with Gasteiger partial charge in [-0.05, 0) is 36.2 Å². The summed E-state index contributed by atoms with van der Waals surface area (Å²) in [5.74, 6) is -1.98. The van der Waals surface area contributed by atoms with Crippen molar-refractivity contribution in [3.8, 4) is 0 Å². The number of carbonyl (C=O) groups is 2. The predicted octanol–water partition coefficient (Wildman–Crippen LogP) is 2.08. The minimum Gasteiger partial charge on any atom is -0.368 e. The van der Waals surface area contributed by atoms with Crippen molar-refractivity contribution >= 4 is 21.7 Å². The molecule has 0 aliphatic heterocycles. The number of carbonyl (C=O) groups excluding carboxylic acids is 2. The lowest BCUT2D eigenvalue weighted by Gasteiger charge is -2.16. The summed E-state index contributed by atoms with van der Waals surface area (Å²) in [5.41, 5.74) is 4.70. The van der Waals surface area contributed by atoms with Crippen LogP contribution in [-0.4, -0.2) is 32.0 Å². The smallest absolute Gasteiger partial charge is 0.368 e. The van der Waals surface area contributed by atoms with Crippen LogP contribution in [-0.2, 0) is 32.0 Å². The molecule has 0 unspecified atom stereocenters. The minimum absolute atomic E-state index is 0.0827. The quantitative estimate of drug-likeness (QED) is 0.671. The number of nitrogens with one attached hydrogen (secondary N) is 1. The molecule has 2 amide bonds. The van der Waals surface area contributed by atoms with Crippen LogP contribution in [0.25, 0.3) is 0 Å². The SMILES string of the molecule is NC(=O)[C@H](CCS(=O)(=O)c1ccccc1)NC(=O)Cc1ccc(C(F)(F)F)cc1. The molecule has 0 aliphatic carbocycles. The topological polar surface area (TPSA) is 106 Å². The molecule has 0 aromatic heterocycles. The molecule has 29 heavy (non-hydrogen) atoms. The first-order valence-electron chi connectivity index (χ1n) is 8.51. The van der Waals surface area contributed by atoms with Crippen molar-refractivity contribution in [2.24, 2.45) is 5.73 Å². The Morgan fingerprint density at radius 3 is 2.10 bits per heavy atom. The Balaban J connectivity index is 1.98. The van der Waals surface area contributed by atoms with Crippen LogP contribution in [0.3, 0.4) is 0 Å². The van der Waals surface area contributed by atoms with E-state index in [4.69, 9.17) is 5.73 Å². The Morgan fingerprint density at radius 2 is 1.59 bits per heavy atom. The van der Waals surface area contributed by atoms with Gasteiger partial charge in [0.2, 0.25) is 11.8 Å². The molecule has 0 spiro atoms. The van der Waals surface area contributed by atoms with E-state index in [1.54, 1.807) is 18.2 Å². The summed E-state index contributed by atoms with van der Waals surface area (Å²) in [4.78, 5) is 23.8. The third-order valence-corrected chi connectivity index (χ3v) is 5.87. The predicted molar refractivity (Wildman–Crippen MR) is 99.4 cm³/mol. The van der Waals surface area contributed by atoms with Gasteiger partial charge in [-0.2, -0.15) is 13.2 Å². The average molecular weight is 428 g/mol. The van der Waals surface area contributed by atoms with Gasteiger partial charge in [-0.15, -0.1) is 0 Å². The normalized spacial score (nSPS) is 12.9. The van der Waals surface area contributed by atoms with Crippen molar-refractivity contribution < 1.29 is 31.2 Å². The molecule has 10 heteroatoms. The number of primary amides is 1. The molecule has 6 nitrogen and oxygen atoms in total. The van der Waals surface area contributed by atoms with Gasteiger partial charge in [0, 0.05) is 0 Å². The van der Waals surface area contributed by atoms with Gasteiger partial charge in [-0.25, -0.2) is 8.42 Å². The first-order chi connectivity index (χ1) is 13.5. The molecule has 0 fully saturated rings. The Kier molecular flexibility index (Phi) is 7.02. The van der Waals surface area contributed by atoms with Crippen LogP contribution < -0.4 is 11.1 Å². The highest BCUT2D eigenvalue weighted by Gasteiger charge is 2.30. The van der Waals surface area contributed by atoms with Gasteiger partial charge in [0.15, 0.2) is 9.84 Å². The third kappa shape index (κ3) is 6.60. The number of hydrogen-bond donors (Lipinski definition) is 2. The summed E-state index contributed by atoms with van der Waals surface area (Å²) in [6.45, 7) is 0. The summed E-state index contributed by atoms with van der Waals surface area (Å²) in [6.07, 6.45) is -5.00. The van der Waals surface area contributed by atoms with E-state index < -0.39 is 45.2 Å². The average Bonchev–Trinajstić information content (AvgIpc) is 2.65. The lowest BCUT2D eigenvalue weighted by atomic mass is 10.1. The Morgan fingerprint density at radius 1 is 1.00 bits per heavy atom. The number of hydrogen-bond acceptors (Lipinski definition) is 4. The van der Waals surface area contributed by atoms with Crippen LogP contribution in [0, 0.1) is 0 Å². The van der Waals surface area contributed by atoms with Gasteiger partial charge >= 0.3 is 6.18 Å². The van der Waals surface area contributed by atoms with Gasteiger partial charge in [0.05, 0.1) is 22.6 Å². The van der Waals surface area contributed by atoms with Crippen LogP contribution in [0.4, 0.5) is 13.2 Å². The highest BCUT2D eigenvalue weighted by atomic mass is 32.2. The highest BCUT2D eigenvalue weighted by molar-refractivity contribution is 7.91. The molecule has 0 aliphatic rings. The Labute approximate surface area is 165 Å². The standard InChI is InChI=1S/C19H19F3N2O4S/c20-19(21,22)14-8-6-13(7-9-14)12-17(25)24-16(18(23)26)10-11-29(27,28)15-4-2-1-3-5-15/h1-9,16H,10-12H2,(H2,23,26)(H,24,25)/t16-/m0/s1. The van der Waals surface area contributed by atoms with Crippen LogP contribution in [0.2, 0.25) is 0 Å². The van der Waals surface area contributed by atoms with Crippen molar-refractivity contribution in [1.82, 2.24) is 5.32 Å². The van der Waals surface area contributed by atoms with E-state index in [2.05, 4.69) is 5.32 Å². The molecule has 0 radical (unpaired) electrons. The highest BCUT2D eigenvalue weighted by Crippen LogP contribution is 2.29. The van der Waals surface area contributed by atoms with Crippen molar-refractivity contribution in [2.75, 3.05) is 5.75 Å². The maximum Gasteiger partial charge on any atom is 0.416 e. The molecule has 2 aromatic carbocycles. The zero-order valence-corrected chi connectivity index (χ0v) is 16.0. The molecule has 2 rings (SSSR count). The van der Waals surface area contributed by atoms with Gasteiger partial charge in [-0.3, -0.25) is 9.59 Å². The van der Waals surface area contributed by atoms with Crippen LogP contribution in [0.1, 0.15) is 17.5 Å². The molecule has 156 valence electrons. The molecular weight excluding hydrogens is 409 g/mol. The zero-order chi connectivity index (χ0) is 21.7. The lowest BCUT2D eigenvalue weighted by molar-refractivity contribution is -0.137. The van der Waals surface area contributed by atoms with E-state index in [-0.39, 0.29) is 17.7 Å². The summed E-state index contributed by atoms with van der Waals surface area (Å²) >= 11 is 0. The molecular formula is C19H19F3N2O4S. The number of benzene rings is 2. The molecule has 0 heterocycles. The maximum absolute atomic E-state index is 12.6. The van der Waals surface area contributed by atoms with Gasteiger partial charge in [-0.1, -0.05) is 30.3 Å². The van der Waals surface area contributed by atoms with Gasteiger partial charge in [0.25, 0.3) is 0 Å². The van der Waals surface area contributed by atoms with Crippen LogP contribution >= 0.6 is 0 Å². The third-order valence-electron chi connectivity index (χ3n) is 4.10. The van der Waals surface area contributed by atoms with E-state index in [9.17, 15) is 31.2 Å². The summed E-state index contributed by atoms with van der Waals surface area (Å²) in [5, 5.41) is 2.33. The van der Waals surface area contributed by atoms with E-state index in [1.165, 1.54) is 12.1 Å². The fraction of sp³-hybridized carbons (Fsp3) is 0.263. The number of amides is 2. The second kappa shape index (κ2) is 9.08. The zero-order valence-electron chi connectivity index (χ0n) is 15.1. The maximum atomic E-state index is 12.6. The van der Waals surface area contributed by atoms with E-state index in [1.807, 2.05) is 0 Å². The molecule has 0 saturated carbocycles. The summed E-state index contributed by atoms with van der Waals surface area (Å²) < 4.78 is 62.3. The van der Waals surface area contributed by atoms with Gasteiger partial charge in [0.1, 0.15) is 6.04 Å². The Hall–Kier alpha value is -2.88. The summed E-state index contributed by atoms with van der Waals surface area (Å²) in [7, 11) is -3.67. The number of nitrogens with two attached hydrogens (primary N) is 1.